The quantitative estimate of drug-likeness (QED) is 0.0272. The summed E-state index contributed by atoms with van der Waals surface area (Å²) in [5.74, 6) is -0.220. The third-order valence-corrected chi connectivity index (χ3v) is 13.9. The predicted octanol–water partition coefficient (Wildman–Crippen LogP) is 18.3. The van der Waals surface area contributed by atoms with Crippen molar-refractivity contribution in [2.75, 3.05) is 40.9 Å². The number of carbonyl (C=O) groups excluding carboxylic acids is 1. The highest BCUT2D eigenvalue weighted by Gasteiger charge is 2.23. The zero-order valence-corrected chi connectivity index (χ0v) is 49.8. The minimum absolute atomic E-state index is 0.0114. The maximum absolute atomic E-state index is 13.0. The molecule has 0 rings (SSSR count). The van der Waals surface area contributed by atoms with E-state index in [4.69, 9.17) is 9.05 Å². The first-order valence-corrected chi connectivity index (χ1v) is 31.9. The van der Waals surface area contributed by atoms with Gasteiger partial charge in [0.2, 0.25) is 5.91 Å². The first-order valence-electron chi connectivity index (χ1n) is 30.4. The van der Waals surface area contributed by atoms with Crippen LogP contribution >= 0.6 is 7.82 Å². The lowest BCUT2D eigenvalue weighted by Crippen LogP contribution is -2.45. The van der Waals surface area contributed by atoms with Crippen molar-refractivity contribution in [3.05, 3.63) is 122 Å². The van der Waals surface area contributed by atoms with Gasteiger partial charge in [0.15, 0.2) is 0 Å². The molecule has 0 aliphatic heterocycles. The van der Waals surface area contributed by atoms with E-state index in [-0.39, 0.29) is 12.5 Å². The number of aliphatic hydroxyl groups is 1. The van der Waals surface area contributed by atoms with Crippen LogP contribution in [0, 0.1) is 0 Å². The molecule has 430 valence electrons. The lowest BCUT2D eigenvalue weighted by Gasteiger charge is -2.29. The minimum atomic E-state index is -4.61. The lowest BCUT2D eigenvalue weighted by molar-refractivity contribution is -0.870. The SMILES string of the molecule is CC/C=C\C/C=C\C/C=C\C/C=C\C/C=C\C/C=C\C/C=C\C/C=C\C/C=C\CCCCCCCC(=O)NC(COP(=O)([O-])OCC[N+](C)(C)C)C(O)/C=C/CCCCCCCCCCCCCCCCCCCC. The molecule has 3 atom stereocenters. The second-order valence-electron chi connectivity index (χ2n) is 21.3. The first-order chi connectivity index (χ1) is 36.5. The van der Waals surface area contributed by atoms with Gasteiger partial charge in [0.1, 0.15) is 13.2 Å². The van der Waals surface area contributed by atoms with E-state index in [9.17, 15) is 19.4 Å². The Labute approximate surface area is 463 Å². The molecule has 75 heavy (non-hydrogen) atoms. The van der Waals surface area contributed by atoms with Crippen molar-refractivity contribution < 1.29 is 32.9 Å². The Balaban J connectivity index is 4.27. The number of phosphoric acid groups is 1. The number of unbranched alkanes of at least 4 members (excludes halogenated alkanes) is 23. The molecular weight excluding hydrogens is 948 g/mol. The highest BCUT2D eigenvalue weighted by Crippen LogP contribution is 2.38. The van der Waals surface area contributed by atoms with Crippen LogP contribution in [0.5, 0.6) is 0 Å². The summed E-state index contributed by atoms with van der Waals surface area (Å²) in [6.07, 6.45) is 82.7. The van der Waals surface area contributed by atoms with Gasteiger partial charge in [-0.1, -0.05) is 264 Å². The first kappa shape index (κ1) is 71.9. The summed E-state index contributed by atoms with van der Waals surface area (Å²) in [5, 5.41) is 13.9. The largest absolute Gasteiger partial charge is 0.756 e. The van der Waals surface area contributed by atoms with E-state index in [1.807, 2.05) is 27.2 Å². The maximum atomic E-state index is 13.0. The van der Waals surface area contributed by atoms with Gasteiger partial charge in [0.25, 0.3) is 7.82 Å². The second-order valence-corrected chi connectivity index (χ2v) is 22.7. The molecule has 0 spiro atoms. The molecule has 0 aliphatic rings. The molecule has 0 aliphatic carbocycles. The molecule has 0 aromatic heterocycles. The minimum Gasteiger partial charge on any atom is -0.756 e. The van der Waals surface area contributed by atoms with Crippen LogP contribution in [-0.2, 0) is 18.4 Å². The van der Waals surface area contributed by atoms with Gasteiger partial charge < -0.3 is 28.8 Å². The zero-order valence-electron chi connectivity index (χ0n) is 49.0. The normalized spacial score (nSPS) is 14.7. The molecule has 0 aromatic carbocycles. The number of nitrogens with zero attached hydrogens (tertiary/aromatic N) is 1. The van der Waals surface area contributed by atoms with Crippen LogP contribution in [0.3, 0.4) is 0 Å². The fourth-order valence-corrected chi connectivity index (χ4v) is 8.93. The maximum Gasteiger partial charge on any atom is 0.268 e. The fraction of sp³-hybridized carbons (Fsp3) is 0.682. The summed E-state index contributed by atoms with van der Waals surface area (Å²) in [7, 11) is 1.23. The monoisotopic (exact) mass is 1060 g/mol. The fourth-order valence-electron chi connectivity index (χ4n) is 8.20. The number of amides is 1. The van der Waals surface area contributed by atoms with E-state index < -0.39 is 26.6 Å². The molecule has 0 saturated carbocycles. The molecule has 1 amide bonds. The van der Waals surface area contributed by atoms with Gasteiger partial charge in [0, 0.05) is 6.42 Å². The summed E-state index contributed by atoms with van der Waals surface area (Å²) in [6, 6.07) is -0.907. The van der Waals surface area contributed by atoms with Crippen molar-refractivity contribution in [3.8, 4) is 0 Å². The average molecular weight is 1060 g/mol. The van der Waals surface area contributed by atoms with E-state index in [0.717, 1.165) is 116 Å². The van der Waals surface area contributed by atoms with E-state index in [2.05, 4.69) is 129 Å². The zero-order chi connectivity index (χ0) is 54.9. The van der Waals surface area contributed by atoms with Crippen molar-refractivity contribution in [1.29, 1.82) is 0 Å². The topological polar surface area (TPSA) is 108 Å². The van der Waals surface area contributed by atoms with Crippen LogP contribution in [0.25, 0.3) is 0 Å². The smallest absolute Gasteiger partial charge is 0.268 e. The number of hydrogen-bond acceptors (Lipinski definition) is 6. The Kier molecular flexibility index (Phi) is 53.3. The molecule has 8 nitrogen and oxygen atoms in total. The number of carbonyl (C=O) groups is 1. The number of likely N-dealkylation sites (N-methyl/N-ethyl adjacent to an activating group) is 1. The number of phosphoric ester groups is 1. The molecular formula is C66H115N2O6P. The predicted molar refractivity (Wildman–Crippen MR) is 325 cm³/mol. The summed E-state index contributed by atoms with van der Waals surface area (Å²) >= 11 is 0. The van der Waals surface area contributed by atoms with Crippen molar-refractivity contribution >= 4 is 13.7 Å². The summed E-state index contributed by atoms with van der Waals surface area (Å²) in [5.41, 5.74) is 0. The number of allylic oxidation sites excluding steroid dienone is 19. The highest BCUT2D eigenvalue weighted by atomic mass is 31.2. The van der Waals surface area contributed by atoms with E-state index in [0.29, 0.717) is 17.4 Å². The van der Waals surface area contributed by atoms with Gasteiger partial charge in [-0.15, -0.1) is 0 Å². The number of nitrogens with one attached hydrogen (secondary N) is 1. The molecule has 0 aromatic rings. The lowest BCUT2D eigenvalue weighted by atomic mass is 10.0. The molecule has 9 heteroatoms. The van der Waals surface area contributed by atoms with Gasteiger partial charge in [-0.25, -0.2) is 0 Å². The van der Waals surface area contributed by atoms with Crippen molar-refractivity contribution in [2.45, 2.75) is 251 Å². The van der Waals surface area contributed by atoms with Crippen LogP contribution in [-0.4, -0.2) is 68.5 Å². The van der Waals surface area contributed by atoms with Gasteiger partial charge in [-0.3, -0.25) is 9.36 Å². The number of rotatable bonds is 54. The van der Waals surface area contributed by atoms with E-state index in [1.165, 1.54) is 103 Å². The number of hydrogen-bond donors (Lipinski definition) is 2. The van der Waals surface area contributed by atoms with Crippen molar-refractivity contribution in [2.24, 2.45) is 0 Å². The van der Waals surface area contributed by atoms with Crippen LogP contribution in [0.15, 0.2) is 122 Å². The van der Waals surface area contributed by atoms with Crippen molar-refractivity contribution in [3.63, 3.8) is 0 Å². The van der Waals surface area contributed by atoms with E-state index in [1.54, 1.807) is 6.08 Å². The van der Waals surface area contributed by atoms with Crippen LogP contribution < -0.4 is 10.2 Å². The van der Waals surface area contributed by atoms with Crippen molar-refractivity contribution in [1.82, 2.24) is 5.32 Å². The average Bonchev–Trinajstić information content (AvgIpc) is 3.37. The Bertz CT molecular complexity index is 1630. The molecule has 0 bridgehead atoms. The van der Waals surface area contributed by atoms with Crippen LogP contribution in [0.2, 0.25) is 0 Å². The highest BCUT2D eigenvalue weighted by molar-refractivity contribution is 7.45. The molecule has 0 fully saturated rings. The standard InChI is InChI=1S/C66H115N2O6P/c1-6-8-10-12-14-16-18-20-22-24-26-28-29-30-31-32-33-34-35-36-37-38-39-40-42-44-46-48-50-52-54-56-58-60-66(70)67-64(63-74-75(71,72)73-62-61-68(3,4)5)65(69)59-57-55-53-51-49-47-45-43-41-27-25-23-21-19-17-15-13-11-9-7-2/h8,10,14,16,20,22,26,28,30-31,33-34,36-37,39-40,44,46,57,59,64-65,69H,6-7,9,11-13,15,17-19,21,23-25,27,29,32,35,38,41-43,45,47-56,58,60-63H2,1-5H3,(H-,67,70,71,72)/b10-8-,16-14-,22-20-,28-26-,31-30-,34-33-,37-36-,40-39-,46-44-,59-57+. The van der Waals surface area contributed by atoms with Gasteiger partial charge in [0.05, 0.1) is 39.9 Å². The molecule has 3 unspecified atom stereocenters. The Morgan fingerprint density at radius 3 is 1.19 bits per heavy atom. The summed E-state index contributed by atoms with van der Waals surface area (Å²) in [4.78, 5) is 25.5. The Morgan fingerprint density at radius 1 is 0.480 bits per heavy atom. The number of aliphatic hydroxyl groups excluding tert-OH is 1. The molecule has 0 heterocycles. The summed E-state index contributed by atoms with van der Waals surface area (Å²) < 4.78 is 23.4. The molecule has 0 saturated heterocycles. The summed E-state index contributed by atoms with van der Waals surface area (Å²) in [6.45, 7) is 4.52. The third-order valence-electron chi connectivity index (χ3n) is 12.9. The van der Waals surface area contributed by atoms with Crippen LogP contribution in [0.4, 0.5) is 0 Å². The Hall–Kier alpha value is -3.10. The van der Waals surface area contributed by atoms with E-state index >= 15 is 0 Å². The number of quaternary nitrogens is 1. The second kappa shape index (κ2) is 55.6. The molecule has 0 radical (unpaired) electrons. The van der Waals surface area contributed by atoms with Crippen LogP contribution in [0.1, 0.15) is 239 Å². The van der Waals surface area contributed by atoms with Gasteiger partial charge in [-0.05, 0) is 89.9 Å². The third kappa shape index (κ3) is 58.4. The Morgan fingerprint density at radius 2 is 0.813 bits per heavy atom. The van der Waals surface area contributed by atoms with Gasteiger partial charge >= 0.3 is 0 Å². The molecule has 2 N–H and O–H groups in total. The van der Waals surface area contributed by atoms with Gasteiger partial charge in [-0.2, -0.15) is 0 Å².